The first-order valence-electron chi connectivity index (χ1n) is 3.67. The molecule has 0 atom stereocenters. The van der Waals surface area contributed by atoms with Gasteiger partial charge in [-0.15, -0.1) is 12.4 Å². The molecule has 0 unspecified atom stereocenters. The molecule has 0 radical (unpaired) electrons. The monoisotopic (exact) mass is 203 g/mol. The molecule has 0 aliphatic carbocycles. The molecule has 0 heterocycles. The molecule has 0 fully saturated rings. The summed E-state index contributed by atoms with van der Waals surface area (Å²) < 4.78 is 12.4. The van der Waals surface area contributed by atoms with Gasteiger partial charge in [0.1, 0.15) is 5.82 Å². The molecule has 0 aliphatic rings. The van der Waals surface area contributed by atoms with E-state index >= 15 is 0 Å². The Balaban J connectivity index is 0.00000144. The van der Waals surface area contributed by atoms with Crippen LogP contribution in [0.3, 0.4) is 0 Å². The largest absolute Gasteiger partial charge is 0.313 e. The number of benzene rings is 1. The van der Waals surface area contributed by atoms with Crippen LogP contribution in [-0.2, 0) is 0 Å². The Hall–Kier alpha value is -0.930. The lowest BCUT2D eigenvalue weighted by Crippen LogP contribution is -2.18. The van der Waals surface area contributed by atoms with Crippen LogP contribution >= 0.6 is 12.4 Å². The lowest BCUT2D eigenvalue weighted by molar-refractivity contribution is 0.0993. The molecule has 2 nitrogen and oxygen atoms in total. The molecule has 1 aromatic carbocycles. The minimum absolute atomic E-state index is 0. The van der Waals surface area contributed by atoms with Gasteiger partial charge in [0, 0.05) is 5.56 Å². The third-order valence-corrected chi connectivity index (χ3v) is 1.50. The zero-order chi connectivity index (χ0) is 8.97. The number of Topliss-reactive ketones (excluding diaryl/α,β-unsaturated/α-hetero) is 1. The topological polar surface area (TPSA) is 29.1 Å². The first kappa shape index (κ1) is 12.1. The van der Waals surface area contributed by atoms with E-state index in [9.17, 15) is 9.18 Å². The van der Waals surface area contributed by atoms with Crippen LogP contribution < -0.4 is 5.32 Å². The van der Waals surface area contributed by atoms with Crippen molar-refractivity contribution in [3.8, 4) is 0 Å². The molecule has 0 aromatic heterocycles. The van der Waals surface area contributed by atoms with Crippen molar-refractivity contribution in [2.24, 2.45) is 0 Å². The number of ketones is 1. The Morgan fingerprint density at radius 1 is 1.38 bits per heavy atom. The minimum Gasteiger partial charge on any atom is -0.313 e. The summed E-state index contributed by atoms with van der Waals surface area (Å²) in [6.07, 6.45) is 0. The van der Waals surface area contributed by atoms with Crippen molar-refractivity contribution < 1.29 is 9.18 Å². The fraction of sp³-hybridized carbons (Fsp3) is 0.222. The molecule has 72 valence electrons. The van der Waals surface area contributed by atoms with E-state index in [4.69, 9.17) is 0 Å². The molecular weight excluding hydrogens is 193 g/mol. The normalized spacial score (nSPS) is 9.08. The maximum atomic E-state index is 12.4. The molecule has 0 aliphatic heterocycles. The number of hydrogen-bond donors (Lipinski definition) is 1. The molecule has 0 amide bonds. The molecular formula is C9H11ClFNO. The predicted octanol–water partition coefficient (Wildman–Crippen LogP) is 1.65. The van der Waals surface area contributed by atoms with E-state index in [0.717, 1.165) is 0 Å². The van der Waals surface area contributed by atoms with E-state index in [0.29, 0.717) is 5.56 Å². The highest BCUT2D eigenvalue weighted by molar-refractivity contribution is 5.97. The second kappa shape index (κ2) is 5.67. The number of hydrogen-bond acceptors (Lipinski definition) is 2. The lowest BCUT2D eigenvalue weighted by Gasteiger charge is -1.98. The minimum atomic E-state index is -0.323. The van der Waals surface area contributed by atoms with E-state index in [1.807, 2.05) is 0 Å². The van der Waals surface area contributed by atoms with Crippen LogP contribution in [0.5, 0.6) is 0 Å². The Morgan fingerprint density at radius 3 is 2.38 bits per heavy atom. The second-order valence-corrected chi connectivity index (χ2v) is 2.46. The zero-order valence-electron chi connectivity index (χ0n) is 7.21. The summed E-state index contributed by atoms with van der Waals surface area (Å²) in [5.74, 6) is -0.353. The van der Waals surface area contributed by atoms with Gasteiger partial charge in [0.25, 0.3) is 0 Å². The summed E-state index contributed by atoms with van der Waals surface area (Å²) >= 11 is 0. The average molecular weight is 204 g/mol. The summed E-state index contributed by atoms with van der Waals surface area (Å²) in [6, 6.07) is 5.52. The molecule has 0 saturated carbocycles. The highest BCUT2D eigenvalue weighted by Gasteiger charge is 2.02. The van der Waals surface area contributed by atoms with Crippen molar-refractivity contribution in [1.29, 1.82) is 0 Å². The van der Waals surface area contributed by atoms with Crippen LogP contribution in [0, 0.1) is 5.82 Å². The highest BCUT2D eigenvalue weighted by Crippen LogP contribution is 2.02. The third-order valence-electron chi connectivity index (χ3n) is 1.50. The maximum Gasteiger partial charge on any atom is 0.176 e. The van der Waals surface area contributed by atoms with E-state index in [-0.39, 0.29) is 30.6 Å². The lowest BCUT2D eigenvalue weighted by atomic mass is 10.1. The van der Waals surface area contributed by atoms with Gasteiger partial charge < -0.3 is 5.32 Å². The van der Waals surface area contributed by atoms with Crippen molar-refractivity contribution in [1.82, 2.24) is 5.32 Å². The van der Waals surface area contributed by atoms with Crippen LogP contribution in [0.25, 0.3) is 0 Å². The van der Waals surface area contributed by atoms with Crippen LogP contribution in [-0.4, -0.2) is 19.4 Å². The van der Waals surface area contributed by atoms with Crippen LogP contribution in [0.1, 0.15) is 10.4 Å². The number of carbonyl (C=O) groups is 1. The maximum absolute atomic E-state index is 12.4. The van der Waals surface area contributed by atoms with E-state index in [1.165, 1.54) is 24.3 Å². The third kappa shape index (κ3) is 3.53. The van der Waals surface area contributed by atoms with Crippen molar-refractivity contribution in [3.63, 3.8) is 0 Å². The van der Waals surface area contributed by atoms with Crippen LogP contribution in [0.2, 0.25) is 0 Å². The van der Waals surface area contributed by atoms with Crippen molar-refractivity contribution in [2.75, 3.05) is 13.6 Å². The summed E-state index contributed by atoms with van der Waals surface area (Å²) in [7, 11) is 1.70. The van der Waals surface area contributed by atoms with Gasteiger partial charge in [-0.2, -0.15) is 0 Å². The fourth-order valence-electron chi connectivity index (χ4n) is 0.898. The molecule has 1 rings (SSSR count). The van der Waals surface area contributed by atoms with E-state index in [1.54, 1.807) is 7.05 Å². The fourth-order valence-corrected chi connectivity index (χ4v) is 0.898. The summed E-state index contributed by atoms with van der Waals surface area (Å²) in [4.78, 5) is 11.2. The van der Waals surface area contributed by atoms with Gasteiger partial charge >= 0.3 is 0 Å². The quantitative estimate of drug-likeness (QED) is 0.757. The second-order valence-electron chi connectivity index (χ2n) is 2.46. The molecule has 0 bridgehead atoms. The summed E-state index contributed by atoms with van der Waals surface area (Å²) in [5, 5.41) is 2.74. The zero-order valence-corrected chi connectivity index (χ0v) is 8.03. The van der Waals surface area contributed by atoms with Crippen LogP contribution in [0.4, 0.5) is 4.39 Å². The Kier molecular flexibility index (Phi) is 5.26. The first-order chi connectivity index (χ1) is 5.74. The Morgan fingerprint density at radius 2 is 1.92 bits per heavy atom. The van der Waals surface area contributed by atoms with Gasteiger partial charge in [-0.05, 0) is 31.3 Å². The number of nitrogens with one attached hydrogen (secondary N) is 1. The Bertz CT molecular complexity index is 273. The molecule has 0 saturated heterocycles. The summed E-state index contributed by atoms with van der Waals surface area (Å²) in [5.41, 5.74) is 0.533. The van der Waals surface area contributed by atoms with Gasteiger partial charge in [0.05, 0.1) is 6.54 Å². The Labute approximate surface area is 82.6 Å². The first-order valence-corrected chi connectivity index (χ1v) is 3.67. The summed E-state index contributed by atoms with van der Waals surface area (Å²) in [6.45, 7) is 0.283. The average Bonchev–Trinajstić information content (AvgIpc) is 2.06. The van der Waals surface area contributed by atoms with Gasteiger partial charge in [-0.1, -0.05) is 0 Å². The standard InChI is InChI=1S/C9H10FNO.ClH/c1-11-6-9(12)7-2-4-8(10)5-3-7;/h2-5,11H,6H2,1H3;1H. The van der Waals surface area contributed by atoms with Crippen LogP contribution in [0.15, 0.2) is 24.3 Å². The van der Waals surface area contributed by atoms with Crippen molar-refractivity contribution in [2.45, 2.75) is 0 Å². The molecule has 4 heteroatoms. The van der Waals surface area contributed by atoms with Gasteiger partial charge in [0.15, 0.2) is 5.78 Å². The highest BCUT2D eigenvalue weighted by atomic mass is 35.5. The van der Waals surface area contributed by atoms with Crippen molar-refractivity contribution >= 4 is 18.2 Å². The van der Waals surface area contributed by atoms with Gasteiger partial charge in [-0.25, -0.2) is 4.39 Å². The predicted molar refractivity (Wildman–Crippen MR) is 51.9 cm³/mol. The number of rotatable bonds is 3. The number of carbonyl (C=O) groups excluding carboxylic acids is 1. The van der Waals surface area contributed by atoms with Crippen molar-refractivity contribution in [3.05, 3.63) is 35.6 Å². The SMILES string of the molecule is CNCC(=O)c1ccc(F)cc1.Cl. The van der Waals surface area contributed by atoms with Gasteiger partial charge in [0.2, 0.25) is 0 Å². The molecule has 1 N–H and O–H groups in total. The van der Waals surface area contributed by atoms with E-state index < -0.39 is 0 Å². The molecule has 0 spiro atoms. The number of likely N-dealkylation sites (N-methyl/N-ethyl adjacent to an activating group) is 1. The molecule has 1 aromatic rings. The number of halogens is 2. The van der Waals surface area contributed by atoms with Gasteiger partial charge in [-0.3, -0.25) is 4.79 Å². The van der Waals surface area contributed by atoms with E-state index in [2.05, 4.69) is 5.32 Å². The molecule has 13 heavy (non-hydrogen) atoms. The smallest absolute Gasteiger partial charge is 0.176 e.